The van der Waals surface area contributed by atoms with Gasteiger partial charge in [-0.3, -0.25) is 0 Å². The minimum Gasteiger partial charge on any atom is -0.440 e. The number of hydrogen-bond donors (Lipinski definition) is 1. The Balaban J connectivity index is 1.93. The van der Waals surface area contributed by atoms with E-state index in [2.05, 4.69) is 5.32 Å². The SMILES string of the molecule is Cc1cc2oc(NCc3ccccc3)c(-c3c(F)cccc3Cl)c2c(=O)o1. The van der Waals surface area contributed by atoms with Gasteiger partial charge in [0.2, 0.25) is 5.88 Å². The Hall–Kier alpha value is -3.05. The van der Waals surface area contributed by atoms with Gasteiger partial charge in [-0.25, -0.2) is 9.18 Å². The summed E-state index contributed by atoms with van der Waals surface area (Å²) in [5, 5.41) is 3.48. The van der Waals surface area contributed by atoms with E-state index < -0.39 is 11.4 Å². The van der Waals surface area contributed by atoms with Gasteiger partial charge in [-0.05, 0) is 24.6 Å². The normalized spacial score (nSPS) is 11.1. The van der Waals surface area contributed by atoms with Crippen LogP contribution in [-0.4, -0.2) is 0 Å². The minimum atomic E-state index is -0.601. The van der Waals surface area contributed by atoms with Crippen molar-refractivity contribution in [1.29, 1.82) is 0 Å². The highest BCUT2D eigenvalue weighted by molar-refractivity contribution is 6.34. The summed E-state index contributed by atoms with van der Waals surface area (Å²) >= 11 is 6.25. The molecule has 0 amide bonds. The van der Waals surface area contributed by atoms with Crippen LogP contribution < -0.4 is 10.9 Å². The number of aryl methyl sites for hydroxylation is 1. The highest BCUT2D eigenvalue weighted by Gasteiger charge is 2.24. The maximum atomic E-state index is 14.6. The maximum absolute atomic E-state index is 14.6. The number of nitrogens with one attached hydrogen (secondary N) is 1. The van der Waals surface area contributed by atoms with Crippen molar-refractivity contribution < 1.29 is 13.2 Å². The number of anilines is 1. The summed E-state index contributed by atoms with van der Waals surface area (Å²) in [5.41, 5.74) is 1.08. The number of rotatable bonds is 4. The first kappa shape index (κ1) is 17.4. The fourth-order valence-electron chi connectivity index (χ4n) is 3.04. The number of hydrogen-bond acceptors (Lipinski definition) is 4. The Morgan fingerprint density at radius 3 is 2.56 bits per heavy atom. The van der Waals surface area contributed by atoms with Gasteiger partial charge < -0.3 is 14.2 Å². The van der Waals surface area contributed by atoms with Gasteiger partial charge in [-0.2, -0.15) is 0 Å². The zero-order chi connectivity index (χ0) is 19.0. The predicted molar refractivity (Wildman–Crippen MR) is 104 cm³/mol. The number of fused-ring (bicyclic) bond motifs is 1. The molecule has 0 radical (unpaired) electrons. The molecule has 4 nitrogen and oxygen atoms in total. The van der Waals surface area contributed by atoms with Crippen molar-refractivity contribution in [1.82, 2.24) is 0 Å². The molecule has 0 saturated carbocycles. The maximum Gasteiger partial charge on any atom is 0.347 e. The second kappa shape index (κ2) is 6.93. The van der Waals surface area contributed by atoms with Crippen molar-refractivity contribution in [2.45, 2.75) is 13.5 Å². The van der Waals surface area contributed by atoms with Gasteiger partial charge in [-0.1, -0.05) is 48.0 Å². The Kier molecular flexibility index (Phi) is 4.46. The number of benzene rings is 2. The molecule has 4 aromatic rings. The summed E-state index contributed by atoms with van der Waals surface area (Å²) in [6.07, 6.45) is 0. The highest BCUT2D eigenvalue weighted by Crippen LogP contribution is 2.41. The van der Waals surface area contributed by atoms with Crippen LogP contribution in [0.4, 0.5) is 10.3 Å². The van der Waals surface area contributed by atoms with Crippen molar-refractivity contribution in [3.05, 3.63) is 87.2 Å². The van der Waals surface area contributed by atoms with E-state index in [-0.39, 0.29) is 27.4 Å². The monoisotopic (exact) mass is 383 g/mol. The average Bonchev–Trinajstić information content (AvgIpc) is 2.99. The summed E-state index contributed by atoms with van der Waals surface area (Å²) in [6.45, 7) is 2.08. The van der Waals surface area contributed by atoms with Crippen LogP contribution in [0.3, 0.4) is 0 Å². The van der Waals surface area contributed by atoms with Crippen LogP contribution in [0.5, 0.6) is 0 Å². The fraction of sp³-hybridized carbons (Fsp3) is 0.0952. The zero-order valence-corrected chi connectivity index (χ0v) is 15.1. The molecule has 0 spiro atoms. The molecule has 0 fully saturated rings. The van der Waals surface area contributed by atoms with Crippen LogP contribution in [0.2, 0.25) is 5.02 Å². The van der Waals surface area contributed by atoms with Gasteiger partial charge in [0.05, 0.1) is 10.6 Å². The third kappa shape index (κ3) is 3.22. The van der Waals surface area contributed by atoms with Crippen LogP contribution in [0, 0.1) is 12.7 Å². The summed E-state index contributed by atoms with van der Waals surface area (Å²) in [7, 11) is 0. The minimum absolute atomic E-state index is 0.102. The molecule has 2 heterocycles. The molecule has 0 aliphatic heterocycles. The van der Waals surface area contributed by atoms with Crippen molar-refractivity contribution in [3.8, 4) is 11.1 Å². The quantitative estimate of drug-likeness (QED) is 0.486. The van der Waals surface area contributed by atoms with E-state index in [9.17, 15) is 9.18 Å². The number of halogens is 2. The summed E-state index contributed by atoms with van der Waals surface area (Å²) in [6, 6.07) is 15.6. The molecule has 0 aliphatic rings. The topological polar surface area (TPSA) is 55.4 Å². The van der Waals surface area contributed by atoms with Crippen molar-refractivity contribution >= 4 is 28.5 Å². The van der Waals surface area contributed by atoms with Crippen LogP contribution in [0.15, 0.2) is 68.2 Å². The van der Waals surface area contributed by atoms with E-state index in [0.717, 1.165) is 5.56 Å². The fourth-order valence-corrected chi connectivity index (χ4v) is 3.30. The van der Waals surface area contributed by atoms with Gasteiger partial charge in [0.15, 0.2) is 0 Å². The Morgan fingerprint density at radius 1 is 1.04 bits per heavy atom. The van der Waals surface area contributed by atoms with Gasteiger partial charge in [0.1, 0.15) is 22.5 Å². The lowest BCUT2D eigenvalue weighted by Crippen LogP contribution is -2.03. The molecule has 2 aromatic heterocycles. The lowest BCUT2D eigenvalue weighted by Gasteiger charge is -2.09. The van der Waals surface area contributed by atoms with Crippen LogP contribution in [0.25, 0.3) is 22.1 Å². The third-order valence-electron chi connectivity index (χ3n) is 4.24. The first-order valence-corrected chi connectivity index (χ1v) is 8.72. The molecule has 0 atom stereocenters. The first-order chi connectivity index (χ1) is 13.0. The van der Waals surface area contributed by atoms with Gasteiger partial charge in [-0.15, -0.1) is 0 Å². The standard InChI is InChI=1S/C21H15ClFNO3/c1-12-10-16-18(21(25)26-12)19(17-14(22)8-5-9-15(17)23)20(27-16)24-11-13-6-3-2-4-7-13/h2-10,24H,11H2,1H3. The molecule has 27 heavy (non-hydrogen) atoms. The summed E-state index contributed by atoms with van der Waals surface area (Å²) in [5.74, 6) is 0.119. The molecule has 0 bridgehead atoms. The van der Waals surface area contributed by atoms with E-state index in [0.29, 0.717) is 17.9 Å². The molecule has 4 rings (SSSR count). The summed E-state index contributed by atoms with van der Waals surface area (Å²) < 4.78 is 25.7. The Labute approximate surface area is 159 Å². The van der Waals surface area contributed by atoms with Crippen LogP contribution in [0.1, 0.15) is 11.3 Å². The molecular weight excluding hydrogens is 369 g/mol. The Bertz CT molecular complexity index is 1160. The third-order valence-corrected chi connectivity index (χ3v) is 4.55. The lowest BCUT2D eigenvalue weighted by molar-refractivity contribution is 0.485. The van der Waals surface area contributed by atoms with Crippen molar-refractivity contribution in [2.24, 2.45) is 0 Å². The average molecular weight is 384 g/mol. The zero-order valence-electron chi connectivity index (χ0n) is 14.4. The van der Waals surface area contributed by atoms with Crippen molar-refractivity contribution in [3.63, 3.8) is 0 Å². The molecule has 6 heteroatoms. The Morgan fingerprint density at radius 2 is 1.81 bits per heavy atom. The van der Waals surface area contributed by atoms with E-state index in [1.54, 1.807) is 19.1 Å². The molecule has 0 unspecified atom stereocenters. The van der Waals surface area contributed by atoms with E-state index in [4.69, 9.17) is 20.4 Å². The molecule has 0 saturated heterocycles. The molecule has 1 N–H and O–H groups in total. The predicted octanol–water partition coefficient (Wildman–Crippen LogP) is 5.77. The second-order valence-electron chi connectivity index (χ2n) is 6.13. The molecule has 136 valence electrons. The van der Waals surface area contributed by atoms with E-state index in [1.807, 2.05) is 30.3 Å². The van der Waals surface area contributed by atoms with Crippen LogP contribution in [-0.2, 0) is 6.54 Å². The second-order valence-corrected chi connectivity index (χ2v) is 6.53. The molecule has 0 aliphatic carbocycles. The number of furan rings is 1. The smallest absolute Gasteiger partial charge is 0.347 e. The van der Waals surface area contributed by atoms with Gasteiger partial charge in [0, 0.05) is 18.2 Å². The van der Waals surface area contributed by atoms with Crippen LogP contribution >= 0.6 is 11.6 Å². The van der Waals surface area contributed by atoms with E-state index >= 15 is 0 Å². The van der Waals surface area contributed by atoms with Crippen molar-refractivity contribution in [2.75, 3.05) is 5.32 Å². The summed E-state index contributed by atoms with van der Waals surface area (Å²) in [4.78, 5) is 12.5. The van der Waals surface area contributed by atoms with Gasteiger partial charge in [0.25, 0.3) is 0 Å². The largest absolute Gasteiger partial charge is 0.440 e. The molecular formula is C21H15ClFNO3. The van der Waals surface area contributed by atoms with Gasteiger partial charge >= 0.3 is 5.63 Å². The van der Waals surface area contributed by atoms with E-state index in [1.165, 1.54) is 12.1 Å². The molecule has 2 aromatic carbocycles. The first-order valence-electron chi connectivity index (χ1n) is 8.34. The highest BCUT2D eigenvalue weighted by atomic mass is 35.5. The lowest BCUT2D eigenvalue weighted by atomic mass is 10.0.